The molecule has 0 aromatic heterocycles. The fraction of sp³-hybridized carbons (Fsp3) is 0.417. The van der Waals surface area contributed by atoms with Crippen LogP contribution >= 0.6 is 15.9 Å². The minimum atomic E-state index is 0.307. The number of Topliss-reactive ketones (excluding diaryl/α,β-unsaturated/α-hetero) is 1. The number of hydrogen-bond donors (Lipinski definition) is 0. The van der Waals surface area contributed by atoms with Crippen molar-refractivity contribution in [1.29, 1.82) is 0 Å². The number of hydrogen-bond acceptors (Lipinski definition) is 1. The summed E-state index contributed by atoms with van der Waals surface area (Å²) in [5, 5.41) is 0. The zero-order valence-corrected chi connectivity index (χ0v) is 10.3. The second-order valence-electron chi connectivity index (χ2n) is 3.97. The molecule has 1 nitrogen and oxygen atoms in total. The zero-order valence-electron chi connectivity index (χ0n) is 8.70. The van der Waals surface area contributed by atoms with Crippen LogP contribution in [0.1, 0.15) is 39.0 Å². The Bertz CT molecular complexity index is 433. The van der Waals surface area contributed by atoms with Gasteiger partial charge in [0.25, 0.3) is 0 Å². The maximum atomic E-state index is 11.7. The second-order valence-corrected chi connectivity index (χ2v) is 4.76. The third kappa shape index (κ3) is 1.17. The van der Waals surface area contributed by atoms with E-state index in [2.05, 4.69) is 29.8 Å². The third-order valence-electron chi connectivity index (χ3n) is 3.23. The van der Waals surface area contributed by atoms with E-state index in [0.29, 0.717) is 12.2 Å². The molecule has 2 rings (SSSR count). The first-order valence-electron chi connectivity index (χ1n) is 4.85. The number of halogens is 1. The highest BCUT2D eigenvalue weighted by Gasteiger charge is 2.25. The summed E-state index contributed by atoms with van der Waals surface area (Å²) < 4.78 is 1.10. The van der Waals surface area contributed by atoms with E-state index >= 15 is 0 Å². The second kappa shape index (κ2) is 3.20. The Morgan fingerprint density at radius 1 is 1.00 bits per heavy atom. The molecule has 14 heavy (non-hydrogen) atoms. The first kappa shape index (κ1) is 9.91. The highest BCUT2D eigenvalue weighted by atomic mass is 79.9. The summed E-state index contributed by atoms with van der Waals surface area (Å²) in [7, 11) is 0. The van der Waals surface area contributed by atoms with Gasteiger partial charge in [-0.05, 0) is 49.4 Å². The molecule has 0 unspecified atom stereocenters. The van der Waals surface area contributed by atoms with Gasteiger partial charge in [-0.25, -0.2) is 0 Å². The molecule has 0 fully saturated rings. The van der Waals surface area contributed by atoms with Crippen LogP contribution in [0.5, 0.6) is 0 Å². The van der Waals surface area contributed by atoms with E-state index in [1.54, 1.807) is 0 Å². The standard InChI is InChI=1S/C12H13BrO/c1-6-7(2)12(13)8(3)11-9(6)4-5-10(11)14/h4-5H2,1-3H3. The molecule has 0 saturated carbocycles. The van der Waals surface area contributed by atoms with Gasteiger partial charge in [0, 0.05) is 16.5 Å². The van der Waals surface area contributed by atoms with Crippen LogP contribution < -0.4 is 0 Å². The Balaban J connectivity index is 2.84. The largest absolute Gasteiger partial charge is 0.294 e. The summed E-state index contributed by atoms with van der Waals surface area (Å²) in [4.78, 5) is 11.7. The number of rotatable bonds is 0. The van der Waals surface area contributed by atoms with E-state index in [0.717, 1.165) is 22.0 Å². The molecule has 0 radical (unpaired) electrons. The van der Waals surface area contributed by atoms with E-state index in [4.69, 9.17) is 0 Å². The fourth-order valence-corrected chi connectivity index (χ4v) is 2.74. The van der Waals surface area contributed by atoms with Gasteiger partial charge in [0.2, 0.25) is 0 Å². The highest BCUT2D eigenvalue weighted by Crippen LogP contribution is 2.35. The summed E-state index contributed by atoms with van der Waals surface area (Å²) >= 11 is 3.56. The molecule has 0 aliphatic heterocycles. The lowest BCUT2D eigenvalue weighted by molar-refractivity contribution is 0.0994. The van der Waals surface area contributed by atoms with Crippen LogP contribution in [-0.4, -0.2) is 5.78 Å². The van der Waals surface area contributed by atoms with Crippen LogP contribution in [0, 0.1) is 20.8 Å². The Hall–Kier alpha value is -0.630. The molecule has 0 atom stereocenters. The van der Waals surface area contributed by atoms with Crippen LogP contribution in [0.25, 0.3) is 0 Å². The number of carbonyl (C=O) groups excluding carboxylic acids is 1. The Morgan fingerprint density at radius 3 is 2.29 bits per heavy atom. The van der Waals surface area contributed by atoms with Crippen LogP contribution in [0.4, 0.5) is 0 Å². The summed E-state index contributed by atoms with van der Waals surface area (Å²) in [5.41, 5.74) is 5.91. The van der Waals surface area contributed by atoms with Crippen LogP contribution in [0.3, 0.4) is 0 Å². The van der Waals surface area contributed by atoms with Crippen molar-refractivity contribution in [3.05, 3.63) is 32.3 Å². The molecule has 74 valence electrons. The van der Waals surface area contributed by atoms with Crippen molar-refractivity contribution in [2.75, 3.05) is 0 Å². The van der Waals surface area contributed by atoms with Crippen LogP contribution in [-0.2, 0) is 6.42 Å². The quantitative estimate of drug-likeness (QED) is 0.691. The molecule has 0 saturated heterocycles. The van der Waals surface area contributed by atoms with E-state index in [1.807, 2.05) is 6.92 Å². The van der Waals surface area contributed by atoms with Crippen molar-refractivity contribution in [2.45, 2.75) is 33.6 Å². The van der Waals surface area contributed by atoms with Crippen LogP contribution in [0.2, 0.25) is 0 Å². The molecule has 1 aliphatic carbocycles. The predicted molar refractivity (Wildman–Crippen MR) is 61.0 cm³/mol. The van der Waals surface area contributed by atoms with Gasteiger partial charge in [-0.3, -0.25) is 4.79 Å². The highest BCUT2D eigenvalue weighted by molar-refractivity contribution is 9.10. The molecule has 0 N–H and O–H groups in total. The smallest absolute Gasteiger partial charge is 0.163 e. The first-order valence-corrected chi connectivity index (χ1v) is 5.64. The van der Waals surface area contributed by atoms with Crippen molar-refractivity contribution in [2.24, 2.45) is 0 Å². The van der Waals surface area contributed by atoms with Crippen molar-refractivity contribution >= 4 is 21.7 Å². The average molecular weight is 253 g/mol. The van der Waals surface area contributed by atoms with E-state index in [1.165, 1.54) is 16.7 Å². The SMILES string of the molecule is Cc1c(C)c2c(c(C)c1Br)C(=O)CC2. The molecule has 0 spiro atoms. The molecule has 0 bridgehead atoms. The monoisotopic (exact) mass is 252 g/mol. The number of fused-ring (bicyclic) bond motifs is 1. The molecule has 1 aliphatic rings. The Labute approximate surface area is 92.6 Å². The molecule has 0 heterocycles. The van der Waals surface area contributed by atoms with Gasteiger partial charge in [0.1, 0.15) is 0 Å². The van der Waals surface area contributed by atoms with Gasteiger partial charge in [0.15, 0.2) is 5.78 Å². The summed E-state index contributed by atoms with van der Waals surface area (Å²) in [6, 6.07) is 0. The molecule has 2 heteroatoms. The maximum absolute atomic E-state index is 11.7. The third-order valence-corrected chi connectivity index (χ3v) is 4.42. The number of benzene rings is 1. The molecular formula is C12H13BrO. The average Bonchev–Trinajstić information content (AvgIpc) is 2.54. The molecule has 1 aromatic rings. The maximum Gasteiger partial charge on any atom is 0.163 e. The van der Waals surface area contributed by atoms with Gasteiger partial charge in [-0.2, -0.15) is 0 Å². The Kier molecular flexibility index (Phi) is 2.26. The molecular weight excluding hydrogens is 240 g/mol. The predicted octanol–water partition coefficient (Wildman–Crippen LogP) is 3.50. The first-order chi connectivity index (χ1) is 6.54. The number of ketones is 1. The van der Waals surface area contributed by atoms with E-state index < -0.39 is 0 Å². The minimum absolute atomic E-state index is 0.307. The van der Waals surface area contributed by atoms with Gasteiger partial charge in [0.05, 0.1) is 0 Å². The van der Waals surface area contributed by atoms with Crippen molar-refractivity contribution in [3.8, 4) is 0 Å². The fourth-order valence-electron chi connectivity index (χ4n) is 2.25. The van der Waals surface area contributed by atoms with Crippen molar-refractivity contribution in [1.82, 2.24) is 0 Å². The summed E-state index contributed by atoms with van der Waals surface area (Å²) in [6.45, 7) is 6.24. The minimum Gasteiger partial charge on any atom is -0.294 e. The lowest BCUT2D eigenvalue weighted by Gasteiger charge is -2.13. The van der Waals surface area contributed by atoms with E-state index in [9.17, 15) is 4.79 Å². The van der Waals surface area contributed by atoms with Gasteiger partial charge < -0.3 is 0 Å². The van der Waals surface area contributed by atoms with Crippen LogP contribution in [0.15, 0.2) is 4.47 Å². The summed E-state index contributed by atoms with van der Waals surface area (Å²) in [5.74, 6) is 0.307. The van der Waals surface area contributed by atoms with Crippen molar-refractivity contribution < 1.29 is 4.79 Å². The molecule has 0 amide bonds. The normalized spacial score (nSPS) is 14.7. The summed E-state index contributed by atoms with van der Waals surface area (Å²) in [6.07, 6.45) is 1.61. The van der Waals surface area contributed by atoms with Gasteiger partial charge in [-0.1, -0.05) is 15.9 Å². The number of carbonyl (C=O) groups is 1. The topological polar surface area (TPSA) is 17.1 Å². The lowest BCUT2D eigenvalue weighted by atomic mass is 9.95. The van der Waals surface area contributed by atoms with Gasteiger partial charge in [-0.15, -0.1) is 0 Å². The van der Waals surface area contributed by atoms with Gasteiger partial charge >= 0.3 is 0 Å². The van der Waals surface area contributed by atoms with Crippen molar-refractivity contribution in [3.63, 3.8) is 0 Å². The molecule has 1 aromatic carbocycles. The zero-order chi connectivity index (χ0) is 10.5. The van der Waals surface area contributed by atoms with E-state index in [-0.39, 0.29) is 0 Å². The Morgan fingerprint density at radius 2 is 1.64 bits per heavy atom. The lowest BCUT2D eigenvalue weighted by Crippen LogP contribution is -2.00.